The number of methoxy groups -OCH3 is 1. The molecule has 8 heteroatoms. The highest BCUT2D eigenvalue weighted by molar-refractivity contribution is 5.79. The molecule has 1 unspecified atom stereocenters. The molecule has 1 aromatic heterocycles. The Kier molecular flexibility index (Phi) is 10.1. The predicted octanol–water partition coefficient (Wildman–Crippen LogP) is 1.29. The fourth-order valence-corrected chi connectivity index (χ4v) is 3.43. The van der Waals surface area contributed by atoms with Gasteiger partial charge in [0.15, 0.2) is 5.96 Å². The zero-order valence-electron chi connectivity index (χ0n) is 17.3. The number of hydrogen-bond acceptors (Lipinski definition) is 5. The first kappa shape index (κ1) is 21.6. The fourth-order valence-electron chi connectivity index (χ4n) is 3.43. The minimum atomic E-state index is 0.664. The van der Waals surface area contributed by atoms with Crippen molar-refractivity contribution in [3.63, 3.8) is 0 Å². The highest BCUT2D eigenvalue weighted by atomic mass is 16.5. The molecule has 8 nitrogen and oxygen atoms in total. The van der Waals surface area contributed by atoms with Crippen LogP contribution in [-0.4, -0.2) is 78.1 Å². The fraction of sp³-hybridized carbons (Fsp3) is 0.842. The number of aromatic nitrogens is 3. The molecule has 1 aromatic rings. The molecular formula is C19H37N7O. The number of aryl methyl sites for hydroxylation is 1. The Bertz CT molecular complexity index is 546. The second kappa shape index (κ2) is 12.7. The summed E-state index contributed by atoms with van der Waals surface area (Å²) in [7, 11) is 1.71. The average molecular weight is 380 g/mol. The first-order valence-corrected chi connectivity index (χ1v) is 10.4. The summed E-state index contributed by atoms with van der Waals surface area (Å²) in [5, 5.41) is 14.8. The summed E-state index contributed by atoms with van der Waals surface area (Å²) in [5.74, 6) is 1.86. The van der Waals surface area contributed by atoms with Gasteiger partial charge in [0.25, 0.3) is 0 Å². The molecule has 2 N–H and O–H groups in total. The SMILES string of the molecule is CCc1nncn1CCNC(=NCCCN1CCCCC1C)NCCOC. The van der Waals surface area contributed by atoms with E-state index in [1.165, 1.54) is 25.8 Å². The number of ether oxygens (including phenoxy) is 1. The van der Waals surface area contributed by atoms with E-state index in [1.54, 1.807) is 13.4 Å². The van der Waals surface area contributed by atoms with Crippen molar-refractivity contribution < 1.29 is 4.74 Å². The van der Waals surface area contributed by atoms with Gasteiger partial charge >= 0.3 is 0 Å². The van der Waals surface area contributed by atoms with Gasteiger partial charge in [0, 0.05) is 52.3 Å². The highest BCUT2D eigenvalue weighted by Gasteiger charge is 2.16. The standard InChI is InChI=1S/C19H37N7O/c1-4-18-24-23-16-26(18)14-10-21-19(22-11-15-27-3)20-9-7-13-25-12-6-5-8-17(25)2/h16-17H,4-15H2,1-3H3,(H2,20,21,22). The minimum Gasteiger partial charge on any atom is -0.383 e. The topological polar surface area (TPSA) is 79.6 Å². The Morgan fingerprint density at radius 3 is 2.93 bits per heavy atom. The highest BCUT2D eigenvalue weighted by Crippen LogP contribution is 2.16. The lowest BCUT2D eigenvalue weighted by atomic mass is 10.0. The third-order valence-corrected chi connectivity index (χ3v) is 5.07. The van der Waals surface area contributed by atoms with E-state index in [9.17, 15) is 0 Å². The summed E-state index contributed by atoms with van der Waals surface area (Å²) in [6.45, 7) is 10.7. The summed E-state index contributed by atoms with van der Waals surface area (Å²) in [6.07, 6.45) is 7.81. The normalized spacial score (nSPS) is 18.6. The van der Waals surface area contributed by atoms with E-state index in [0.29, 0.717) is 6.61 Å². The quantitative estimate of drug-likeness (QED) is 0.343. The maximum absolute atomic E-state index is 5.13. The number of guanidine groups is 1. The Hall–Kier alpha value is -1.67. The molecule has 2 rings (SSSR count). The number of aliphatic imine (C=N–C) groups is 1. The van der Waals surface area contributed by atoms with Crippen LogP contribution in [-0.2, 0) is 17.7 Å². The van der Waals surface area contributed by atoms with Crippen LogP contribution in [0.2, 0.25) is 0 Å². The number of rotatable bonds is 11. The molecule has 0 radical (unpaired) electrons. The molecule has 2 heterocycles. The molecule has 0 bridgehead atoms. The van der Waals surface area contributed by atoms with E-state index in [-0.39, 0.29) is 0 Å². The lowest BCUT2D eigenvalue weighted by molar-refractivity contribution is 0.160. The maximum atomic E-state index is 5.13. The zero-order valence-corrected chi connectivity index (χ0v) is 17.3. The van der Waals surface area contributed by atoms with Crippen LogP contribution in [0, 0.1) is 0 Å². The minimum absolute atomic E-state index is 0.664. The summed E-state index contributed by atoms with van der Waals surface area (Å²) in [4.78, 5) is 7.34. The number of hydrogen-bond donors (Lipinski definition) is 2. The molecule has 27 heavy (non-hydrogen) atoms. The molecule has 0 spiro atoms. The zero-order chi connectivity index (χ0) is 19.3. The number of likely N-dealkylation sites (tertiary alicyclic amines) is 1. The molecule has 1 fully saturated rings. The van der Waals surface area contributed by atoms with Crippen molar-refractivity contribution in [2.24, 2.45) is 4.99 Å². The molecule has 1 saturated heterocycles. The average Bonchev–Trinajstić information content (AvgIpc) is 3.13. The number of nitrogens with zero attached hydrogens (tertiary/aromatic N) is 5. The molecule has 0 saturated carbocycles. The Morgan fingerprint density at radius 2 is 2.15 bits per heavy atom. The van der Waals surface area contributed by atoms with E-state index < -0.39 is 0 Å². The van der Waals surface area contributed by atoms with Gasteiger partial charge in [-0.15, -0.1) is 10.2 Å². The summed E-state index contributed by atoms with van der Waals surface area (Å²) in [5.41, 5.74) is 0. The summed E-state index contributed by atoms with van der Waals surface area (Å²) >= 11 is 0. The smallest absolute Gasteiger partial charge is 0.191 e. The van der Waals surface area contributed by atoms with E-state index in [1.807, 2.05) is 0 Å². The van der Waals surface area contributed by atoms with Gasteiger partial charge in [0.05, 0.1) is 6.61 Å². The van der Waals surface area contributed by atoms with Gasteiger partial charge in [-0.1, -0.05) is 13.3 Å². The number of piperidine rings is 1. The van der Waals surface area contributed by atoms with Crippen LogP contribution in [0.25, 0.3) is 0 Å². The van der Waals surface area contributed by atoms with Gasteiger partial charge in [0.2, 0.25) is 0 Å². The van der Waals surface area contributed by atoms with Gasteiger partial charge in [-0.3, -0.25) is 4.99 Å². The van der Waals surface area contributed by atoms with Crippen molar-refractivity contribution in [1.29, 1.82) is 0 Å². The molecule has 1 aliphatic heterocycles. The largest absolute Gasteiger partial charge is 0.383 e. The van der Waals surface area contributed by atoms with Crippen molar-refractivity contribution in [3.05, 3.63) is 12.2 Å². The summed E-state index contributed by atoms with van der Waals surface area (Å²) < 4.78 is 7.21. The van der Waals surface area contributed by atoms with Gasteiger partial charge in [-0.05, 0) is 32.7 Å². The van der Waals surface area contributed by atoms with Gasteiger partial charge in [-0.2, -0.15) is 0 Å². The van der Waals surface area contributed by atoms with Crippen LogP contribution < -0.4 is 10.6 Å². The van der Waals surface area contributed by atoms with Crippen LogP contribution in [0.5, 0.6) is 0 Å². The lowest BCUT2D eigenvalue weighted by Crippen LogP contribution is -2.41. The van der Waals surface area contributed by atoms with Crippen molar-refractivity contribution >= 4 is 5.96 Å². The van der Waals surface area contributed by atoms with E-state index in [0.717, 1.165) is 63.4 Å². The van der Waals surface area contributed by atoms with Crippen LogP contribution in [0.15, 0.2) is 11.3 Å². The third-order valence-electron chi connectivity index (χ3n) is 5.07. The Balaban J connectivity index is 1.74. The van der Waals surface area contributed by atoms with Gasteiger partial charge in [-0.25, -0.2) is 0 Å². The van der Waals surface area contributed by atoms with Crippen molar-refractivity contribution in [2.75, 3.05) is 46.4 Å². The molecule has 0 aliphatic carbocycles. The van der Waals surface area contributed by atoms with E-state index in [4.69, 9.17) is 9.73 Å². The van der Waals surface area contributed by atoms with Crippen molar-refractivity contribution in [2.45, 2.75) is 58.5 Å². The predicted molar refractivity (Wildman–Crippen MR) is 109 cm³/mol. The second-order valence-corrected chi connectivity index (χ2v) is 7.11. The van der Waals surface area contributed by atoms with E-state index in [2.05, 4.69) is 44.1 Å². The lowest BCUT2D eigenvalue weighted by Gasteiger charge is -2.33. The molecule has 1 atom stereocenters. The van der Waals surface area contributed by atoms with Gasteiger partial charge in [0.1, 0.15) is 12.2 Å². The monoisotopic (exact) mass is 379 g/mol. The van der Waals surface area contributed by atoms with Crippen molar-refractivity contribution in [3.8, 4) is 0 Å². The Labute approximate surface area is 163 Å². The second-order valence-electron chi connectivity index (χ2n) is 7.11. The molecular weight excluding hydrogens is 342 g/mol. The van der Waals surface area contributed by atoms with Crippen LogP contribution in [0.3, 0.4) is 0 Å². The third kappa shape index (κ3) is 7.84. The first-order chi connectivity index (χ1) is 13.2. The van der Waals surface area contributed by atoms with Crippen molar-refractivity contribution in [1.82, 2.24) is 30.3 Å². The molecule has 0 amide bonds. The van der Waals surface area contributed by atoms with E-state index >= 15 is 0 Å². The maximum Gasteiger partial charge on any atom is 0.191 e. The van der Waals surface area contributed by atoms with Gasteiger partial charge < -0.3 is 24.8 Å². The number of nitrogens with one attached hydrogen (secondary N) is 2. The van der Waals surface area contributed by atoms with Crippen LogP contribution in [0.1, 0.15) is 45.4 Å². The molecule has 154 valence electrons. The Morgan fingerprint density at radius 1 is 1.30 bits per heavy atom. The van der Waals surface area contributed by atoms with Crippen LogP contribution in [0.4, 0.5) is 0 Å². The summed E-state index contributed by atoms with van der Waals surface area (Å²) in [6, 6.07) is 0.719. The van der Waals surface area contributed by atoms with Crippen LogP contribution >= 0.6 is 0 Å². The first-order valence-electron chi connectivity index (χ1n) is 10.4. The molecule has 1 aliphatic rings. The molecule has 0 aromatic carbocycles.